The molecule has 1 N–H and O–H groups in total. The number of nitrogens with one attached hydrogen (secondary N) is 1. The molecule has 2 aromatic rings. The van der Waals surface area contributed by atoms with Gasteiger partial charge in [0.1, 0.15) is 5.82 Å². The Kier molecular flexibility index (Phi) is 4.87. The summed E-state index contributed by atoms with van der Waals surface area (Å²) in [5, 5.41) is 4.17. The number of hydrogen-bond donors (Lipinski definition) is 1. The highest BCUT2D eigenvalue weighted by Gasteiger charge is 2.04. The van der Waals surface area contributed by atoms with Gasteiger partial charge in [-0.15, -0.1) is 0 Å². The summed E-state index contributed by atoms with van der Waals surface area (Å²) in [5.41, 5.74) is 2.97. The minimum Gasteiger partial charge on any atom is -0.267 e. The van der Waals surface area contributed by atoms with Crippen molar-refractivity contribution in [2.75, 3.05) is 0 Å². The lowest BCUT2D eigenvalue weighted by Gasteiger charge is -2.00. The first-order chi connectivity index (χ1) is 9.56. The molecule has 20 heavy (non-hydrogen) atoms. The predicted molar refractivity (Wildman–Crippen MR) is 80.6 cm³/mol. The third kappa shape index (κ3) is 3.88. The molecule has 1 amide bonds. The van der Waals surface area contributed by atoms with Crippen molar-refractivity contribution >= 4 is 39.7 Å². The molecule has 0 unspecified atom stereocenters. The van der Waals surface area contributed by atoms with Crippen LogP contribution in [0.3, 0.4) is 0 Å². The maximum Gasteiger partial charge on any atom is 0.271 e. The van der Waals surface area contributed by atoms with Crippen LogP contribution >= 0.6 is 27.5 Å². The Balaban J connectivity index is 2.04. The zero-order valence-corrected chi connectivity index (χ0v) is 12.5. The van der Waals surface area contributed by atoms with Gasteiger partial charge in [-0.05, 0) is 36.4 Å². The van der Waals surface area contributed by atoms with Crippen molar-refractivity contribution in [1.29, 1.82) is 0 Å². The van der Waals surface area contributed by atoms with Crippen LogP contribution in [0, 0.1) is 5.82 Å². The van der Waals surface area contributed by atoms with Crippen LogP contribution in [0.15, 0.2) is 52.0 Å². The number of carbonyl (C=O) groups is 1. The van der Waals surface area contributed by atoms with Crippen LogP contribution in [0.1, 0.15) is 15.9 Å². The fraction of sp³-hybridized carbons (Fsp3) is 0. The Bertz CT molecular complexity index is 676. The SMILES string of the molecule is O=C(N/N=C\c1ccc(Br)cc1F)c1cccc(Cl)c1. The molecule has 0 radical (unpaired) electrons. The van der Waals surface area contributed by atoms with Crippen molar-refractivity contribution in [3.05, 3.63) is 68.9 Å². The van der Waals surface area contributed by atoms with Crippen molar-refractivity contribution in [2.45, 2.75) is 0 Å². The van der Waals surface area contributed by atoms with E-state index in [-0.39, 0.29) is 5.56 Å². The summed E-state index contributed by atoms with van der Waals surface area (Å²) >= 11 is 8.94. The highest BCUT2D eigenvalue weighted by molar-refractivity contribution is 9.10. The maximum atomic E-state index is 13.5. The number of nitrogens with zero attached hydrogens (tertiary/aromatic N) is 1. The normalized spacial score (nSPS) is 10.8. The molecule has 2 aromatic carbocycles. The molecule has 6 heteroatoms. The number of amides is 1. The summed E-state index contributed by atoms with van der Waals surface area (Å²) in [7, 11) is 0. The zero-order valence-electron chi connectivity index (χ0n) is 10.1. The van der Waals surface area contributed by atoms with Gasteiger partial charge >= 0.3 is 0 Å². The van der Waals surface area contributed by atoms with E-state index in [9.17, 15) is 9.18 Å². The lowest BCUT2D eigenvalue weighted by Crippen LogP contribution is -2.17. The van der Waals surface area contributed by atoms with Crippen molar-refractivity contribution in [1.82, 2.24) is 5.43 Å². The van der Waals surface area contributed by atoms with Gasteiger partial charge in [-0.1, -0.05) is 33.6 Å². The van der Waals surface area contributed by atoms with E-state index in [2.05, 4.69) is 26.5 Å². The van der Waals surface area contributed by atoms with E-state index in [1.807, 2.05) is 0 Å². The molecule has 0 aliphatic heterocycles. The molecular formula is C14H9BrClFN2O. The molecule has 0 heterocycles. The van der Waals surface area contributed by atoms with Crippen molar-refractivity contribution in [2.24, 2.45) is 5.10 Å². The van der Waals surface area contributed by atoms with Gasteiger partial charge in [0.05, 0.1) is 6.21 Å². The standard InChI is InChI=1S/C14H9BrClFN2O/c15-11-5-4-10(13(17)7-11)8-18-19-14(20)9-2-1-3-12(16)6-9/h1-8H,(H,19,20)/b18-8-. The summed E-state index contributed by atoms with van der Waals surface area (Å²) < 4.78 is 14.1. The quantitative estimate of drug-likeness (QED) is 0.656. The lowest BCUT2D eigenvalue weighted by molar-refractivity contribution is 0.0955. The Hall–Kier alpha value is -1.72. The number of halogens is 3. The molecule has 0 saturated carbocycles. The average Bonchev–Trinajstić information content (AvgIpc) is 2.41. The second-order valence-corrected chi connectivity index (χ2v) is 5.23. The van der Waals surface area contributed by atoms with Crippen LogP contribution in [0.25, 0.3) is 0 Å². The van der Waals surface area contributed by atoms with Gasteiger partial charge in [0.25, 0.3) is 5.91 Å². The molecule has 0 aliphatic carbocycles. The summed E-state index contributed by atoms with van der Waals surface area (Å²) in [6, 6.07) is 11.0. The van der Waals surface area contributed by atoms with Gasteiger partial charge in [0, 0.05) is 20.6 Å². The largest absolute Gasteiger partial charge is 0.271 e. The van der Waals surface area contributed by atoms with Crippen LogP contribution in [0.2, 0.25) is 5.02 Å². The van der Waals surface area contributed by atoms with Gasteiger partial charge in [0.15, 0.2) is 0 Å². The monoisotopic (exact) mass is 354 g/mol. The highest BCUT2D eigenvalue weighted by Crippen LogP contribution is 2.14. The smallest absolute Gasteiger partial charge is 0.267 e. The van der Waals surface area contributed by atoms with Gasteiger partial charge in [-0.25, -0.2) is 9.82 Å². The van der Waals surface area contributed by atoms with Crippen LogP contribution in [0.5, 0.6) is 0 Å². The first-order valence-electron chi connectivity index (χ1n) is 5.60. The summed E-state index contributed by atoms with van der Waals surface area (Å²) in [4.78, 5) is 11.7. The summed E-state index contributed by atoms with van der Waals surface area (Å²) in [6.45, 7) is 0. The van der Waals surface area contributed by atoms with Crippen LogP contribution in [-0.2, 0) is 0 Å². The molecule has 0 aliphatic rings. The molecule has 3 nitrogen and oxygen atoms in total. The fourth-order valence-electron chi connectivity index (χ4n) is 1.46. The van der Waals surface area contributed by atoms with Gasteiger partial charge in [0.2, 0.25) is 0 Å². The fourth-order valence-corrected chi connectivity index (χ4v) is 1.98. The van der Waals surface area contributed by atoms with E-state index in [4.69, 9.17) is 11.6 Å². The molecule has 2 rings (SSSR count). The molecule has 0 aromatic heterocycles. The van der Waals surface area contributed by atoms with Crippen molar-refractivity contribution < 1.29 is 9.18 Å². The minimum absolute atomic E-state index is 0.277. The Morgan fingerprint density at radius 2 is 2.10 bits per heavy atom. The predicted octanol–water partition coefficient (Wildman–Crippen LogP) is 4.01. The van der Waals surface area contributed by atoms with E-state index in [0.29, 0.717) is 15.1 Å². The van der Waals surface area contributed by atoms with Crippen LogP contribution in [0.4, 0.5) is 4.39 Å². The Labute approximate surface area is 128 Å². The summed E-state index contributed by atoms with van der Waals surface area (Å²) in [6.07, 6.45) is 1.24. The highest BCUT2D eigenvalue weighted by atomic mass is 79.9. The van der Waals surface area contributed by atoms with E-state index < -0.39 is 11.7 Å². The first-order valence-corrected chi connectivity index (χ1v) is 6.77. The van der Waals surface area contributed by atoms with E-state index in [0.717, 1.165) is 0 Å². The number of rotatable bonds is 3. The van der Waals surface area contributed by atoms with E-state index in [1.54, 1.807) is 30.3 Å². The molecular weight excluding hydrogens is 347 g/mol. The van der Waals surface area contributed by atoms with Gasteiger partial charge in [-0.3, -0.25) is 4.79 Å². The second-order valence-electron chi connectivity index (χ2n) is 3.88. The maximum absolute atomic E-state index is 13.5. The van der Waals surface area contributed by atoms with Crippen molar-refractivity contribution in [3.8, 4) is 0 Å². The van der Waals surface area contributed by atoms with Crippen molar-refractivity contribution in [3.63, 3.8) is 0 Å². The number of hydrazone groups is 1. The second kappa shape index (κ2) is 6.63. The minimum atomic E-state index is -0.430. The Morgan fingerprint density at radius 3 is 2.80 bits per heavy atom. The van der Waals surface area contributed by atoms with E-state index >= 15 is 0 Å². The third-order valence-electron chi connectivity index (χ3n) is 2.42. The average molecular weight is 356 g/mol. The van der Waals surface area contributed by atoms with Gasteiger partial charge in [-0.2, -0.15) is 5.10 Å². The topological polar surface area (TPSA) is 41.5 Å². The molecule has 0 atom stereocenters. The molecule has 102 valence electrons. The van der Waals surface area contributed by atoms with E-state index in [1.165, 1.54) is 18.3 Å². The first kappa shape index (κ1) is 14.7. The van der Waals surface area contributed by atoms with Gasteiger partial charge < -0.3 is 0 Å². The number of hydrogen-bond acceptors (Lipinski definition) is 2. The summed E-state index contributed by atoms with van der Waals surface area (Å²) in [5.74, 6) is -0.846. The number of carbonyl (C=O) groups excluding carboxylic acids is 1. The molecule has 0 bridgehead atoms. The molecule has 0 spiro atoms. The van der Waals surface area contributed by atoms with Crippen LogP contribution < -0.4 is 5.43 Å². The van der Waals surface area contributed by atoms with Crippen LogP contribution in [-0.4, -0.2) is 12.1 Å². The zero-order chi connectivity index (χ0) is 14.5. The molecule has 0 saturated heterocycles. The number of benzene rings is 2. The Morgan fingerprint density at radius 1 is 1.30 bits per heavy atom. The third-order valence-corrected chi connectivity index (χ3v) is 3.15. The molecule has 0 fully saturated rings. The lowest BCUT2D eigenvalue weighted by atomic mass is 10.2.